The van der Waals surface area contributed by atoms with Gasteiger partial charge in [0.1, 0.15) is 17.3 Å². The number of rotatable bonds is 5. The zero-order valence-corrected chi connectivity index (χ0v) is 19.2. The molecule has 7 heteroatoms. The summed E-state index contributed by atoms with van der Waals surface area (Å²) in [5.41, 5.74) is 1.60. The minimum atomic E-state index is -0.337. The maximum absolute atomic E-state index is 12.9. The number of nitrogens with zero attached hydrogens (tertiary/aromatic N) is 1. The summed E-state index contributed by atoms with van der Waals surface area (Å²) in [5.74, 6) is 1.30. The minimum absolute atomic E-state index is 0.218. The van der Waals surface area contributed by atoms with Crippen LogP contribution in [0.2, 0.25) is 5.02 Å². The van der Waals surface area contributed by atoms with E-state index in [1.807, 2.05) is 42.5 Å². The third-order valence-corrected chi connectivity index (χ3v) is 6.50. The van der Waals surface area contributed by atoms with Gasteiger partial charge in [0.15, 0.2) is 0 Å². The smallest absolute Gasteiger partial charge is 0.293 e. The summed E-state index contributed by atoms with van der Waals surface area (Å²) >= 11 is 7.03. The average molecular weight is 476 g/mol. The molecule has 0 unspecified atom stereocenters. The van der Waals surface area contributed by atoms with Gasteiger partial charge in [0.25, 0.3) is 11.1 Å². The number of imide groups is 1. The lowest BCUT2D eigenvalue weighted by molar-refractivity contribution is -0.123. The number of benzene rings is 3. The maximum atomic E-state index is 12.9. The van der Waals surface area contributed by atoms with E-state index in [2.05, 4.69) is 0 Å². The Morgan fingerprint density at radius 1 is 1.00 bits per heavy atom. The van der Waals surface area contributed by atoms with Crippen LogP contribution in [-0.4, -0.2) is 23.2 Å². The molecule has 1 aromatic heterocycles. The zero-order chi connectivity index (χ0) is 22.9. The summed E-state index contributed by atoms with van der Waals surface area (Å²) in [7, 11) is 1.57. The lowest BCUT2D eigenvalue weighted by Crippen LogP contribution is -2.27. The van der Waals surface area contributed by atoms with E-state index in [9.17, 15) is 9.59 Å². The van der Waals surface area contributed by atoms with Gasteiger partial charge in [-0.2, -0.15) is 0 Å². The van der Waals surface area contributed by atoms with Gasteiger partial charge in [-0.25, -0.2) is 0 Å². The maximum Gasteiger partial charge on any atom is 0.293 e. The molecule has 1 fully saturated rings. The van der Waals surface area contributed by atoms with Crippen LogP contribution < -0.4 is 4.74 Å². The topological polar surface area (TPSA) is 59.8 Å². The number of carbonyl (C=O) groups excluding carboxylic acids is 2. The highest BCUT2D eigenvalue weighted by molar-refractivity contribution is 8.18. The molecule has 0 N–H and O–H groups in total. The Kier molecular flexibility index (Phi) is 5.70. The van der Waals surface area contributed by atoms with E-state index in [0.717, 1.165) is 28.1 Å². The van der Waals surface area contributed by atoms with Gasteiger partial charge in [0, 0.05) is 11.1 Å². The van der Waals surface area contributed by atoms with Crippen LogP contribution in [0.5, 0.6) is 5.75 Å². The van der Waals surface area contributed by atoms with Crippen molar-refractivity contribution in [2.45, 2.75) is 6.54 Å². The van der Waals surface area contributed by atoms with Gasteiger partial charge in [0.2, 0.25) is 0 Å². The lowest BCUT2D eigenvalue weighted by atomic mass is 10.1. The van der Waals surface area contributed by atoms with Crippen LogP contribution >= 0.6 is 23.4 Å². The number of methoxy groups -OCH3 is 1. The molecular weight excluding hydrogens is 458 g/mol. The minimum Gasteiger partial charge on any atom is -0.496 e. The van der Waals surface area contributed by atoms with Crippen LogP contribution in [0.1, 0.15) is 11.3 Å². The quantitative estimate of drug-likeness (QED) is 0.291. The van der Waals surface area contributed by atoms with Crippen molar-refractivity contribution < 1.29 is 18.7 Å². The second kappa shape index (κ2) is 8.81. The molecule has 0 aliphatic carbocycles. The van der Waals surface area contributed by atoms with Crippen molar-refractivity contribution in [1.29, 1.82) is 0 Å². The fourth-order valence-corrected chi connectivity index (χ4v) is 4.72. The van der Waals surface area contributed by atoms with Crippen LogP contribution in [0.4, 0.5) is 4.79 Å². The number of ether oxygens (including phenoxy) is 1. The SMILES string of the molecule is COc1ccc(Cl)cc1-c1ccc(C=C2SC(=O)N(Cc3ccc4ccccc4c3)C2=O)o1. The van der Waals surface area contributed by atoms with Crippen LogP contribution in [0.25, 0.3) is 28.2 Å². The molecule has 33 heavy (non-hydrogen) atoms. The molecular formula is C26H18ClNO4S. The first-order chi connectivity index (χ1) is 16.0. The summed E-state index contributed by atoms with van der Waals surface area (Å²) in [5, 5.41) is 2.43. The number of fused-ring (bicyclic) bond motifs is 1. The molecule has 0 saturated carbocycles. The van der Waals surface area contributed by atoms with E-state index in [0.29, 0.717) is 32.8 Å². The van der Waals surface area contributed by atoms with E-state index >= 15 is 0 Å². The molecule has 2 amide bonds. The molecule has 1 aliphatic rings. The molecule has 164 valence electrons. The Labute approximate surface area is 199 Å². The molecule has 0 spiro atoms. The van der Waals surface area contributed by atoms with Crippen molar-refractivity contribution in [2.24, 2.45) is 0 Å². The molecule has 4 aromatic rings. The third-order valence-electron chi connectivity index (χ3n) is 5.36. The van der Waals surface area contributed by atoms with E-state index in [1.54, 1.807) is 43.5 Å². The number of carbonyl (C=O) groups is 2. The van der Waals surface area contributed by atoms with Crippen molar-refractivity contribution in [1.82, 2.24) is 4.90 Å². The monoisotopic (exact) mass is 475 g/mol. The molecule has 3 aromatic carbocycles. The Morgan fingerprint density at radius 3 is 2.64 bits per heavy atom. The molecule has 0 atom stereocenters. The van der Waals surface area contributed by atoms with Gasteiger partial charge in [-0.3, -0.25) is 14.5 Å². The fourth-order valence-electron chi connectivity index (χ4n) is 3.73. The normalized spacial score (nSPS) is 15.1. The highest BCUT2D eigenvalue weighted by atomic mass is 35.5. The summed E-state index contributed by atoms with van der Waals surface area (Å²) < 4.78 is 11.3. The van der Waals surface area contributed by atoms with Crippen LogP contribution in [0.3, 0.4) is 0 Å². The number of hydrogen-bond donors (Lipinski definition) is 0. The van der Waals surface area contributed by atoms with Crippen LogP contribution in [0.15, 0.2) is 82.1 Å². The zero-order valence-electron chi connectivity index (χ0n) is 17.6. The van der Waals surface area contributed by atoms with Crippen LogP contribution in [-0.2, 0) is 11.3 Å². The Bertz CT molecular complexity index is 1420. The fraction of sp³-hybridized carbons (Fsp3) is 0.0769. The molecule has 0 bridgehead atoms. The van der Waals surface area contributed by atoms with Gasteiger partial charge in [0.05, 0.1) is 24.1 Å². The van der Waals surface area contributed by atoms with Gasteiger partial charge >= 0.3 is 0 Å². The lowest BCUT2D eigenvalue weighted by Gasteiger charge is -2.13. The average Bonchev–Trinajstić information content (AvgIpc) is 3.39. The van der Waals surface area contributed by atoms with Gasteiger partial charge in [-0.15, -0.1) is 0 Å². The van der Waals surface area contributed by atoms with Crippen molar-refractivity contribution in [3.63, 3.8) is 0 Å². The summed E-state index contributed by atoms with van der Waals surface area (Å²) in [6.45, 7) is 0.218. The number of furan rings is 1. The van der Waals surface area contributed by atoms with E-state index in [1.165, 1.54) is 4.90 Å². The van der Waals surface area contributed by atoms with Crippen LogP contribution in [0, 0.1) is 0 Å². The number of hydrogen-bond acceptors (Lipinski definition) is 5. The van der Waals surface area contributed by atoms with E-state index in [4.69, 9.17) is 20.8 Å². The first kappa shape index (κ1) is 21.4. The largest absolute Gasteiger partial charge is 0.496 e. The first-order valence-corrected chi connectivity index (χ1v) is 11.4. The van der Waals surface area contributed by atoms with Gasteiger partial charge in [-0.1, -0.05) is 48.0 Å². The summed E-state index contributed by atoms with van der Waals surface area (Å²) in [6.07, 6.45) is 1.59. The molecule has 0 radical (unpaired) electrons. The summed E-state index contributed by atoms with van der Waals surface area (Å²) in [4.78, 5) is 27.1. The predicted octanol–water partition coefficient (Wildman–Crippen LogP) is 7.00. The molecule has 5 nitrogen and oxygen atoms in total. The van der Waals surface area contributed by atoms with E-state index in [-0.39, 0.29) is 17.7 Å². The Hall–Kier alpha value is -3.48. The Morgan fingerprint density at radius 2 is 1.82 bits per heavy atom. The van der Waals surface area contributed by atoms with Crippen molar-refractivity contribution in [2.75, 3.05) is 7.11 Å². The highest BCUT2D eigenvalue weighted by Crippen LogP contribution is 2.37. The first-order valence-electron chi connectivity index (χ1n) is 10.2. The van der Waals surface area contributed by atoms with Crippen molar-refractivity contribution >= 4 is 51.4 Å². The van der Waals surface area contributed by atoms with Crippen molar-refractivity contribution in [3.8, 4) is 17.1 Å². The highest BCUT2D eigenvalue weighted by Gasteiger charge is 2.35. The van der Waals surface area contributed by atoms with Gasteiger partial charge < -0.3 is 9.15 Å². The van der Waals surface area contributed by atoms with Gasteiger partial charge in [-0.05, 0) is 64.5 Å². The Balaban J connectivity index is 1.38. The third kappa shape index (κ3) is 4.27. The number of thioether (sulfide) groups is 1. The molecule has 1 aliphatic heterocycles. The number of amides is 2. The molecule has 1 saturated heterocycles. The number of halogens is 1. The second-order valence-electron chi connectivity index (χ2n) is 7.50. The predicted molar refractivity (Wildman–Crippen MR) is 131 cm³/mol. The standard InChI is InChI=1S/C26H18ClNO4S/c1-31-22-10-8-19(27)13-21(22)23-11-9-20(32-23)14-24-25(29)28(26(30)33-24)15-16-6-7-17-4-2-3-5-18(17)12-16/h2-14H,15H2,1H3. The van der Waals surface area contributed by atoms with E-state index < -0.39 is 0 Å². The van der Waals surface area contributed by atoms with Crippen molar-refractivity contribution in [3.05, 3.63) is 94.0 Å². The molecule has 2 heterocycles. The molecule has 5 rings (SSSR count). The second-order valence-corrected chi connectivity index (χ2v) is 8.93. The summed E-state index contributed by atoms with van der Waals surface area (Å²) in [6, 6.07) is 22.7.